The smallest absolute Gasteiger partial charge is 0.0903 e. The second kappa shape index (κ2) is 3.10. The van der Waals surface area contributed by atoms with Gasteiger partial charge in [-0.25, -0.2) is 0 Å². The first kappa shape index (κ1) is 9.22. The van der Waals surface area contributed by atoms with E-state index in [2.05, 4.69) is 11.5 Å². The highest BCUT2D eigenvalue weighted by atomic mass is 16.3. The van der Waals surface area contributed by atoms with Gasteiger partial charge >= 0.3 is 0 Å². The Morgan fingerprint density at radius 3 is 3.00 bits per heavy atom. The number of piperidine rings is 2. The molecule has 2 nitrogen and oxygen atoms in total. The minimum atomic E-state index is -0.559. The van der Waals surface area contributed by atoms with E-state index in [0.29, 0.717) is 5.92 Å². The van der Waals surface area contributed by atoms with Crippen LogP contribution in [-0.4, -0.2) is 35.2 Å². The average molecular weight is 181 g/mol. The van der Waals surface area contributed by atoms with Crippen LogP contribution in [0.3, 0.4) is 0 Å². The molecule has 74 valence electrons. The van der Waals surface area contributed by atoms with Gasteiger partial charge < -0.3 is 10.0 Å². The molecule has 0 amide bonds. The number of fused-ring (bicyclic) bond motifs is 2. The van der Waals surface area contributed by atoms with Crippen LogP contribution < -0.4 is 0 Å². The molecule has 2 rings (SSSR count). The zero-order chi connectivity index (χ0) is 9.47. The lowest BCUT2D eigenvalue weighted by atomic mass is 9.73. The van der Waals surface area contributed by atoms with Crippen molar-refractivity contribution in [3.05, 3.63) is 12.2 Å². The van der Waals surface area contributed by atoms with Gasteiger partial charge in [0, 0.05) is 19.0 Å². The fourth-order valence-corrected chi connectivity index (χ4v) is 2.74. The first-order valence-electron chi connectivity index (χ1n) is 5.23. The molecule has 3 unspecified atom stereocenters. The molecule has 0 radical (unpaired) electrons. The minimum Gasteiger partial charge on any atom is -0.385 e. The maximum absolute atomic E-state index is 10.4. The highest BCUT2D eigenvalue weighted by molar-refractivity contribution is 5.15. The van der Waals surface area contributed by atoms with Crippen LogP contribution >= 0.6 is 0 Å². The second-order valence-corrected chi connectivity index (χ2v) is 4.59. The van der Waals surface area contributed by atoms with E-state index in [-0.39, 0.29) is 0 Å². The van der Waals surface area contributed by atoms with Gasteiger partial charge in [0.15, 0.2) is 0 Å². The summed E-state index contributed by atoms with van der Waals surface area (Å²) < 4.78 is 0. The van der Waals surface area contributed by atoms with E-state index < -0.39 is 5.60 Å². The zero-order valence-corrected chi connectivity index (χ0v) is 8.42. The number of aliphatic hydroxyl groups is 1. The van der Waals surface area contributed by atoms with Crippen molar-refractivity contribution in [1.82, 2.24) is 4.90 Å². The van der Waals surface area contributed by atoms with Crippen LogP contribution in [0.25, 0.3) is 0 Å². The van der Waals surface area contributed by atoms with Gasteiger partial charge in [-0.3, -0.25) is 0 Å². The van der Waals surface area contributed by atoms with E-state index in [1.54, 1.807) is 0 Å². The van der Waals surface area contributed by atoms with Gasteiger partial charge in [-0.05, 0) is 38.3 Å². The molecule has 2 fully saturated rings. The lowest BCUT2D eigenvalue weighted by molar-refractivity contribution is -0.0632. The van der Waals surface area contributed by atoms with Crippen molar-refractivity contribution in [1.29, 1.82) is 0 Å². The summed E-state index contributed by atoms with van der Waals surface area (Å²) >= 11 is 0. The Morgan fingerprint density at radius 2 is 2.31 bits per heavy atom. The van der Waals surface area contributed by atoms with Crippen molar-refractivity contribution in [3.63, 3.8) is 0 Å². The summed E-state index contributed by atoms with van der Waals surface area (Å²) in [6.45, 7) is 9.23. The van der Waals surface area contributed by atoms with E-state index in [4.69, 9.17) is 0 Å². The van der Waals surface area contributed by atoms with Crippen molar-refractivity contribution in [2.45, 2.75) is 31.8 Å². The summed E-state index contributed by atoms with van der Waals surface area (Å²) in [7, 11) is 0. The normalized spacial score (nSPS) is 44.5. The van der Waals surface area contributed by atoms with E-state index >= 15 is 0 Å². The third-order valence-electron chi connectivity index (χ3n) is 3.73. The number of rotatable bonds is 1. The standard InChI is InChI=1S/C11H19NO/c1-9(2)11(13)5-7-12-6-3-4-10(11)8-12/h10,13H,1,3-8H2,2H3. The first-order chi connectivity index (χ1) is 6.13. The van der Waals surface area contributed by atoms with E-state index in [1.807, 2.05) is 6.92 Å². The highest BCUT2D eigenvalue weighted by Crippen LogP contribution is 2.38. The summed E-state index contributed by atoms with van der Waals surface area (Å²) in [6.07, 6.45) is 3.28. The van der Waals surface area contributed by atoms with Crippen LogP contribution in [0.2, 0.25) is 0 Å². The highest BCUT2D eigenvalue weighted by Gasteiger charge is 2.43. The van der Waals surface area contributed by atoms with Gasteiger partial charge in [0.1, 0.15) is 0 Å². The zero-order valence-electron chi connectivity index (χ0n) is 8.42. The monoisotopic (exact) mass is 181 g/mol. The molecule has 0 spiro atoms. The van der Waals surface area contributed by atoms with Crippen LogP contribution in [0.4, 0.5) is 0 Å². The Kier molecular flexibility index (Phi) is 2.20. The largest absolute Gasteiger partial charge is 0.385 e. The topological polar surface area (TPSA) is 23.5 Å². The Bertz CT molecular complexity index is 226. The molecule has 0 aliphatic carbocycles. The van der Waals surface area contributed by atoms with Crippen molar-refractivity contribution in [2.24, 2.45) is 5.92 Å². The Balaban J connectivity index is 2.17. The van der Waals surface area contributed by atoms with E-state index in [0.717, 1.165) is 25.1 Å². The summed E-state index contributed by atoms with van der Waals surface area (Å²) in [4.78, 5) is 2.46. The van der Waals surface area contributed by atoms with Gasteiger partial charge in [0.25, 0.3) is 0 Å². The molecule has 2 heteroatoms. The fourth-order valence-electron chi connectivity index (χ4n) is 2.74. The molecule has 2 heterocycles. The van der Waals surface area contributed by atoms with Crippen LogP contribution in [0.15, 0.2) is 12.2 Å². The van der Waals surface area contributed by atoms with E-state index in [1.165, 1.54) is 19.4 Å². The Morgan fingerprint density at radius 1 is 1.54 bits per heavy atom. The molecule has 2 aliphatic rings. The quantitative estimate of drug-likeness (QED) is 0.618. The van der Waals surface area contributed by atoms with Crippen LogP contribution in [-0.2, 0) is 0 Å². The number of nitrogens with zero attached hydrogens (tertiary/aromatic N) is 1. The predicted octanol–water partition coefficient (Wildman–Crippen LogP) is 1.41. The molecule has 0 saturated carbocycles. The predicted molar refractivity (Wildman–Crippen MR) is 53.5 cm³/mol. The van der Waals surface area contributed by atoms with E-state index in [9.17, 15) is 5.11 Å². The molecule has 2 saturated heterocycles. The van der Waals surface area contributed by atoms with Crippen LogP contribution in [0.1, 0.15) is 26.2 Å². The molecular formula is C11H19NO. The first-order valence-corrected chi connectivity index (χ1v) is 5.23. The lowest BCUT2D eigenvalue weighted by Gasteiger charge is -2.48. The van der Waals surface area contributed by atoms with Crippen molar-refractivity contribution >= 4 is 0 Å². The van der Waals surface area contributed by atoms with Gasteiger partial charge in [0.05, 0.1) is 5.60 Å². The van der Waals surface area contributed by atoms with Crippen LogP contribution in [0.5, 0.6) is 0 Å². The molecule has 2 bridgehead atoms. The Hall–Kier alpha value is -0.340. The van der Waals surface area contributed by atoms with Gasteiger partial charge in [-0.2, -0.15) is 0 Å². The average Bonchev–Trinajstić information content (AvgIpc) is 2.13. The number of hydrogen-bond donors (Lipinski definition) is 1. The van der Waals surface area contributed by atoms with Crippen molar-refractivity contribution in [3.8, 4) is 0 Å². The molecule has 0 aromatic rings. The van der Waals surface area contributed by atoms with Crippen molar-refractivity contribution in [2.75, 3.05) is 19.6 Å². The third kappa shape index (κ3) is 1.42. The van der Waals surface area contributed by atoms with Gasteiger partial charge in [-0.1, -0.05) is 6.58 Å². The summed E-state index contributed by atoms with van der Waals surface area (Å²) in [5.74, 6) is 0.437. The molecule has 3 atom stereocenters. The molecule has 0 aromatic carbocycles. The number of hydrogen-bond acceptors (Lipinski definition) is 2. The summed E-state index contributed by atoms with van der Waals surface area (Å²) in [5.41, 5.74) is 0.399. The second-order valence-electron chi connectivity index (χ2n) is 4.59. The molecular weight excluding hydrogens is 162 g/mol. The molecule has 13 heavy (non-hydrogen) atoms. The lowest BCUT2D eigenvalue weighted by Crippen LogP contribution is -2.55. The van der Waals surface area contributed by atoms with Crippen molar-refractivity contribution < 1.29 is 5.11 Å². The third-order valence-corrected chi connectivity index (χ3v) is 3.73. The maximum Gasteiger partial charge on any atom is 0.0903 e. The fraction of sp³-hybridized carbons (Fsp3) is 0.818. The maximum atomic E-state index is 10.4. The van der Waals surface area contributed by atoms with Gasteiger partial charge in [0.2, 0.25) is 0 Å². The molecule has 0 aromatic heterocycles. The molecule has 2 aliphatic heterocycles. The SMILES string of the molecule is C=C(C)C1(O)CCN2CCCC1C2. The molecule has 1 N–H and O–H groups in total. The van der Waals surface area contributed by atoms with Crippen LogP contribution in [0, 0.1) is 5.92 Å². The van der Waals surface area contributed by atoms with Gasteiger partial charge in [-0.15, -0.1) is 0 Å². The minimum absolute atomic E-state index is 0.437. The summed E-state index contributed by atoms with van der Waals surface area (Å²) in [6, 6.07) is 0. The summed E-state index contributed by atoms with van der Waals surface area (Å²) in [5, 5.41) is 10.4. The Labute approximate surface area is 80.2 Å².